The van der Waals surface area contributed by atoms with Gasteiger partial charge in [-0.1, -0.05) is 0 Å². The molecule has 5 heteroatoms. The Balaban J connectivity index is 2.09. The molecule has 0 spiro atoms. The summed E-state index contributed by atoms with van der Waals surface area (Å²) >= 11 is 0. The molecule has 0 aliphatic rings. The van der Waals surface area contributed by atoms with E-state index in [2.05, 4.69) is 10.3 Å². The van der Waals surface area contributed by atoms with Crippen molar-refractivity contribution < 1.29 is 13.2 Å². The first-order valence-corrected chi connectivity index (χ1v) is 3.98. The molecule has 2 N–H and O–H groups in total. The number of halogens is 3. The highest BCUT2D eigenvalue weighted by Gasteiger charge is 2.25. The number of aromatic nitrogens is 1. The highest BCUT2D eigenvalue weighted by Crippen LogP contribution is 2.11. The second-order valence-electron chi connectivity index (χ2n) is 2.74. The lowest BCUT2D eigenvalue weighted by molar-refractivity contribution is -0.124. The summed E-state index contributed by atoms with van der Waals surface area (Å²) in [5.41, 5.74) is 0.940. The predicted octanol–water partition coefficient (Wildman–Crippen LogP) is 1.71. The van der Waals surface area contributed by atoms with Crippen molar-refractivity contribution in [3.8, 4) is 0 Å². The molecule has 0 radical (unpaired) electrons. The molecule has 1 aromatic rings. The van der Waals surface area contributed by atoms with Crippen molar-refractivity contribution in [1.29, 1.82) is 0 Å². The summed E-state index contributed by atoms with van der Waals surface area (Å²) in [4.78, 5) is 2.91. The zero-order valence-electron chi connectivity index (χ0n) is 6.99. The average Bonchev–Trinajstić information content (AvgIpc) is 2.48. The zero-order valence-corrected chi connectivity index (χ0v) is 6.99. The van der Waals surface area contributed by atoms with Crippen LogP contribution < -0.4 is 5.32 Å². The van der Waals surface area contributed by atoms with Crippen LogP contribution in [0, 0.1) is 0 Å². The molecule has 74 valence electrons. The molecule has 13 heavy (non-hydrogen) atoms. The number of nitrogens with one attached hydrogen (secondary N) is 2. The Morgan fingerprint density at radius 3 is 2.69 bits per heavy atom. The lowest BCUT2D eigenvalue weighted by Gasteiger charge is -2.06. The van der Waals surface area contributed by atoms with Gasteiger partial charge in [-0.15, -0.1) is 0 Å². The smallest absolute Gasteiger partial charge is 0.365 e. The highest BCUT2D eigenvalue weighted by atomic mass is 19.4. The largest absolute Gasteiger partial charge is 0.401 e. The van der Waals surface area contributed by atoms with Crippen LogP contribution in [0.5, 0.6) is 0 Å². The summed E-state index contributed by atoms with van der Waals surface area (Å²) in [5, 5.41) is 2.32. The van der Waals surface area contributed by atoms with E-state index in [1.165, 1.54) is 0 Å². The molecule has 2 nitrogen and oxygen atoms in total. The van der Waals surface area contributed by atoms with E-state index in [9.17, 15) is 13.2 Å². The van der Waals surface area contributed by atoms with Crippen molar-refractivity contribution in [1.82, 2.24) is 10.3 Å². The average molecular weight is 192 g/mol. The summed E-state index contributed by atoms with van der Waals surface area (Å²) < 4.78 is 35.0. The van der Waals surface area contributed by atoms with Crippen molar-refractivity contribution in [2.75, 3.05) is 13.1 Å². The maximum atomic E-state index is 11.7. The molecular weight excluding hydrogens is 181 g/mol. The fourth-order valence-electron chi connectivity index (χ4n) is 0.976. The number of rotatable bonds is 4. The monoisotopic (exact) mass is 192 g/mol. The van der Waals surface area contributed by atoms with Gasteiger partial charge in [-0.2, -0.15) is 13.2 Å². The van der Waals surface area contributed by atoms with Crippen molar-refractivity contribution in [2.24, 2.45) is 0 Å². The van der Waals surface area contributed by atoms with Crippen LogP contribution in [0.1, 0.15) is 5.69 Å². The quantitative estimate of drug-likeness (QED) is 0.698. The van der Waals surface area contributed by atoms with E-state index < -0.39 is 12.7 Å². The number of aromatic amines is 1. The number of H-pyrrole nitrogens is 1. The molecule has 0 atom stereocenters. The van der Waals surface area contributed by atoms with Gasteiger partial charge in [-0.05, 0) is 18.6 Å². The number of hydrogen-bond donors (Lipinski definition) is 2. The van der Waals surface area contributed by atoms with E-state index in [0.29, 0.717) is 13.0 Å². The third kappa shape index (κ3) is 4.57. The third-order valence-electron chi connectivity index (χ3n) is 1.56. The minimum Gasteiger partial charge on any atom is -0.365 e. The predicted molar refractivity (Wildman–Crippen MR) is 43.4 cm³/mol. The van der Waals surface area contributed by atoms with Gasteiger partial charge in [-0.3, -0.25) is 0 Å². The van der Waals surface area contributed by atoms with Crippen molar-refractivity contribution in [2.45, 2.75) is 12.6 Å². The van der Waals surface area contributed by atoms with Crippen molar-refractivity contribution in [3.63, 3.8) is 0 Å². The van der Waals surface area contributed by atoms with Gasteiger partial charge in [0, 0.05) is 18.4 Å². The van der Waals surface area contributed by atoms with Crippen LogP contribution in [0.2, 0.25) is 0 Å². The molecule has 0 saturated heterocycles. The standard InChI is InChI=1S/C8H11F3N2/c9-8(10,11)6-12-5-3-7-2-1-4-13-7/h1-2,4,12-13H,3,5-6H2. The van der Waals surface area contributed by atoms with Gasteiger partial charge in [0.25, 0.3) is 0 Å². The Labute approximate surface area is 74.1 Å². The normalized spacial score (nSPS) is 11.9. The minimum absolute atomic E-state index is 0.333. The number of hydrogen-bond acceptors (Lipinski definition) is 1. The van der Waals surface area contributed by atoms with Crippen LogP contribution in [0.25, 0.3) is 0 Å². The van der Waals surface area contributed by atoms with Crippen LogP contribution >= 0.6 is 0 Å². The summed E-state index contributed by atoms with van der Waals surface area (Å²) in [6.07, 6.45) is -1.78. The zero-order chi connectivity index (χ0) is 9.73. The third-order valence-corrected chi connectivity index (χ3v) is 1.56. The molecule has 0 aliphatic heterocycles. The Morgan fingerprint density at radius 1 is 1.38 bits per heavy atom. The second-order valence-corrected chi connectivity index (χ2v) is 2.74. The first-order valence-electron chi connectivity index (χ1n) is 3.98. The Hall–Kier alpha value is -0.970. The molecule has 0 aromatic carbocycles. The fourth-order valence-corrected chi connectivity index (χ4v) is 0.976. The lowest BCUT2D eigenvalue weighted by Crippen LogP contribution is -2.30. The second kappa shape index (κ2) is 4.32. The summed E-state index contributed by atoms with van der Waals surface area (Å²) in [6, 6.07) is 3.66. The molecule has 1 rings (SSSR count). The molecule has 1 heterocycles. The summed E-state index contributed by atoms with van der Waals surface area (Å²) in [6.45, 7) is -0.590. The number of alkyl halides is 3. The van der Waals surface area contributed by atoms with Crippen molar-refractivity contribution in [3.05, 3.63) is 24.0 Å². The van der Waals surface area contributed by atoms with E-state index in [-0.39, 0.29) is 0 Å². The van der Waals surface area contributed by atoms with Gasteiger partial charge in [0.1, 0.15) is 0 Å². The Kier molecular flexibility index (Phi) is 3.36. The minimum atomic E-state index is -4.12. The fraction of sp³-hybridized carbons (Fsp3) is 0.500. The van der Waals surface area contributed by atoms with Gasteiger partial charge in [0.2, 0.25) is 0 Å². The van der Waals surface area contributed by atoms with E-state index in [1.54, 1.807) is 6.20 Å². The topological polar surface area (TPSA) is 27.8 Å². The van der Waals surface area contributed by atoms with E-state index in [0.717, 1.165) is 5.69 Å². The van der Waals surface area contributed by atoms with Crippen LogP contribution in [0.3, 0.4) is 0 Å². The van der Waals surface area contributed by atoms with Crippen LogP contribution in [0.4, 0.5) is 13.2 Å². The van der Waals surface area contributed by atoms with Crippen LogP contribution in [-0.2, 0) is 6.42 Å². The molecule has 0 amide bonds. The van der Waals surface area contributed by atoms with Crippen LogP contribution in [-0.4, -0.2) is 24.2 Å². The first kappa shape index (κ1) is 10.1. The van der Waals surface area contributed by atoms with E-state index >= 15 is 0 Å². The Bertz CT molecular complexity index is 228. The van der Waals surface area contributed by atoms with Gasteiger partial charge >= 0.3 is 6.18 Å². The maximum absolute atomic E-state index is 11.7. The van der Waals surface area contributed by atoms with Gasteiger partial charge in [-0.25, -0.2) is 0 Å². The van der Waals surface area contributed by atoms with Gasteiger partial charge in [0.05, 0.1) is 6.54 Å². The molecule has 0 bridgehead atoms. The first-order chi connectivity index (χ1) is 6.08. The molecule has 0 aliphatic carbocycles. The molecule has 1 aromatic heterocycles. The Morgan fingerprint density at radius 2 is 2.15 bits per heavy atom. The van der Waals surface area contributed by atoms with E-state index in [4.69, 9.17) is 0 Å². The highest BCUT2D eigenvalue weighted by molar-refractivity contribution is 5.03. The van der Waals surface area contributed by atoms with Crippen molar-refractivity contribution >= 4 is 0 Å². The van der Waals surface area contributed by atoms with Crippen LogP contribution in [0.15, 0.2) is 18.3 Å². The maximum Gasteiger partial charge on any atom is 0.401 e. The lowest BCUT2D eigenvalue weighted by atomic mass is 10.3. The summed E-state index contributed by atoms with van der Waals surface area (Å²) in [7, 11) is 0. The van der Waals surface area contributed by atoms with E-state index in [1.807, 2.05) is 12.1 Å². The molecule has 0 saturated carbocycles. The van der Waals surface area contributed by atoms with Gasteiger partial charge < -0.3 is 10.3 Å². The molecule has 0 unspecified atom stereocenters. The SMILES string of the molecule is FC(F)(F)CNCCc1ccc[nH]1. The van der Waals surface area contributed by atoms with Gasteiger partial charge in [0.15, 0.2) is 0 Å². The summed E-state index contributed by atoms with van der Waals surface area (Å²) in [5.74, 6) is 0. The molecule has 0 fully saturated rings. The molecular formula is C8H11F3N2.